The van der Waals surface area contributed by atoms with E-state index in [0.29, 0.717) is 5.56 Å². The van der Waals surface area contributed by atoms with Gasteiger partial charge in [0.05, 0.1) is 11.8 Å². The van der Waals surface area contributed by atoms with Crippen LogP contribution in [-0.4, -0.2) is 36.3 Å². The number of carboxylic acids is 1. The van der Waals surface area contributed by atoms with Gasteiger partial charge in [-0.1, -0.05) is 0 Å². The van der Waals surface area contributed by atoms with Crippen LogP contribution in [0.1, 0.15) is 15.9 Å². The standard InChI is InChI=1S/C11H12N2O4S/c1-7-2-4-12-10(9(7)11(14)15)13-8-3-5-18(16,17)6-8/h2-5,8H,6H2,1H3,(H,12,13)(H,14,15). The third-order valence-electron chi connectivity index (χ3n) is 2.63. The number of carboxylic acid groups (broad SMARTS) is 1. The van der Waals surface area contributed by atoms with Crippen molar-refractivity contribution in [2.75, 3.05) is 11.1 Å². The Hall–Kier alpha value is -1.89. The summed E-state index contributed by atoms with van der Waals surface area (Å²) in [5.41, 5.74) is 0.639. The van der Waals surface area contributed by atoms with Crippen LogP contribution in [0.5, 0.6) is 0 Å². The first-order valence-corrected chi connectivity index (χ1v) is 6.97. The largest absolute Gasteiger partial charge is 0.478 e. The predicted molar refractivity (Wildman–Crippen MR) is 66.3 cm³/mol. The minimum Gasteiger partial charge on any atom is -0.478 e. The number of anilines is 1. The Morgan fingerprint density at radius 2 is 2.28 bits per heavy atom. The van der Waals surface area contributed by atoms with Gasteiger partial charge in [-0.05, 0) is 24.6 Å². The molecule has 96 valence electrons. The maximum Gasteiger partial charge on any atom is 0.339 e. The van der Waals surface area contributed by atoms with Crippen molar-refractivity contribution in [3.63, 3.8) is 0 Å². The molecule has 1 aliphatic rings. The molecule has 0 fully saturated rings. The maximum absolute atomic E-state index is 11.3. The van der Waals surface area contributed by atoms with Crippen LogP contribution in [-0.2, 0) is 9.84 Å². The number of aryl methyl sites for hydroxylation is 1. The lowest BCUT2D eigenvalue weighted by atomic mass is 10.1. The van der Waals surface area contributed by atoms with E-state index in [0.717, 1.165) is 5.41 Å². The van der Waals surface area contributed by atoms with E-state index in [1.54, 1.807) is 13.0 Å². The first kappa shape index (κ1) is 12.6. The smallest absolute Gasteiger partial charge is 0.339 e. The molecule has 1 unspecified atom stereocenters. The summed E-state index contributed by atoms with van der Waals surface area (Å²) in [5.74, 6) is -0.982. The second-order valence-corrected chi connectivity index (χ2v) is 6.00. The molecule has 0 saturated carbocycles. The molecule has 2 N–H and O–H groups in total. The third kappa shape index (κ3) is 2.51. The second-order valence-electron chi connectivity index (χ2n) is 4.07. The van der Waals surface area contributed by atoms with Gasteiger partial charge in [0.2, 0.25) is 0 Å². The highest BCUT2D eigenvalue weighted by Crippen LogP contribution is 2.20. The van der Waals surface area contributed by atoms with Crippen LogP contribution < -0.4 is 5.32 Å². The van der Waals surface area contributed by atoms with Crippen LogP contribution in [0.3, 0.4) is 0 Å². The maximum atomic E-state index is 11.3. The van der Waals surface area contributed by atoms with E-state index in [-0.39, 0.29) is 17.1 Å². The zero-order chi connectivity index (χ0) is 13.3. The van der Waals surface area contributed by atoms with Crippen LogP contribution in [0.25, 0.3) is 0 Å². The number of pyridine rings is 1. The van der Waals surface area contributed by atoms with E-state index in [1.165, 1.54) is 12.3 Å². The van der Waals surface area contributed by atoms with Crippen molar-refractivity contribution >= 4 is 21.6 Å². The van der Waals surface area contributed by atoms with Crippen LogP contribution >= 0.6 is 0 Å². The minimum absolute atomic E-state index is 0.0650. The molecular weight excluding hydrogens is 256 g/mol. The number of aromatic nitrogens is 1. The zero-order valence-corrected chi connectivity index (χ0v) is 10.4. The Balaban J connectivity index is 2.28. The molecule has 18 heavy (non-hydrogen) atoms. The normalized spacial score (nSPS) is 20.8. The van der Waals surface area contributed by atoms with Crippen LogP contribution in [0.15, 0.2) is 23.7 Å². The van der Waals surface area contributed by atoms with E-state index < -0.39 is 21.8 Å². The van der Waals surface area contributed by atoms with Crippen LogP contribution in [0, 0.1) is 6.92 Å². The fraction of sp³-hybridized carbons (Fsp3) is 0.273. The molecule has 0 radical (unpaired) electrons. The summed E-state index contributed by atoms with van der Waals surface area (Å²) in [5, 5.41) is 13.1. The van der Waals surface area contributed by atoms with Gasteiger partial charge in [0.1, 0.15) is 11.4 Å². The summed E-state index contributed by atoms with van der Waals surface area (Å²) in [6.07, 6.45) is 2.97. The summed E-state index contributed by atoms with van der Waals surface area (Å²) < 4.78 is 22.5. The summed E-state index contributed by atoms with van der Waals surface area (Å²) >= 11 is 0. The third-order valence-corrected chi connectivity index (χ3v) is 4.02. The molecule has 1 atom stereocenters. The first-order chi connectivity index (χ1) is 8.39. The van der Waals surface area contributed by atoms with Gasteiger partial charge in [-0.2, -0.15) is 0 Å². The number of carbonyl (C=O) groups is 1. The van der Waals surface area contributed by atoms with E-state index in [9.17, 15) is 13.2 Å². The van der Waals surface area contributed by atoms with Crippen molar-refractivity contribution < 1.29 is 18.3 Å². The van der Waals surface area contributed by atoms with Gasteiger partial charge in [0.25, 0.3) is 0 Å². The molecule has 0 aliphatic carbocycles. The molecule has 1 aromatic heterocycles. The lowest BCUT2D eigenvalue weighted by Crippen LogP contribution is -2.23. The van der Waals surface area contributed by atoms with Crippen LogP contribution in [0.2, 0.25) is 0 Å². The average molecular weight is 268 g/mol. The Morgan fingerprint density at radius 1 is 1.56 bits per heavy atom. The van der Waals surface area contributed by atoms with Crippen molar-refractivity contribution in [2.45, 2.75) is 13.0 Å². The minimum atomic E-state index is -3.18. The molecule has 0 bridgehead atoms. The fourth-order valence-electron chi connectivity index (χ4n) is 1.78. The summed E-state index contributed by atoms with van der Waals surface area (Å²) in [7, 11) is -3.18. The average Bonchev–Trinajstić information content (AvgIpc) is 2.57. The summed E-state index contributed by atoms with van der Waals surface area (Å²) in [6.45, 7) is 1.66. The molecular formula is C11H12N2O4S. The second kappa shape index (κ2) is 4.41. The Bertz CT molecular complexity index is 622. The molecule has 1 aromatic rings. The van der Waals surface area contributed by atoms with Crippen molar-refractivity contribution in [1.82, 2.24) is 4.98 Å². The number of rotatable bonds is 3. The van der Waals surface area contributed by atoms with Gasteiger partial charge in [-0.15, -0.1) is 0 Å². The number of nitrogens with one attached hydrogen (secondary N) is 1. The number of nitrogens with zero attached hydrogens (tertiary/aromatic N) is 1. The molecule has 1 aliphatic heterocycles. The highest BCUT2D eigenvalue weighted by molar-refractivity contribution is 7.94. The van der Waals surface area contributed by atoms with Gasteiger partial charge in [-0.25, -0.2) is 18.2 Å². The van der Waals surface area contributed by atoms with E-state index >= 15 is 0 Å². The van der Waals surface area contributed by atoms with Gasteiger partial charge in [0.15, 0.2) is 9.84 Å². The Labute approximate surface area is 104 Å². The highest BCUT2D eigenvalue weighted by atomic mass is 32.2. The van der Waals surface area contributed by atoms with Crippen molar-refractivity contribution in [2.24, 2.45) is 0 Å². The van der Waals surface area contributed by atoms with E-state index in [4.69, 9.17) is 5.11 Å². The molecule has 7 heteroatoms. The lowest BCUT2D eigenvalue weighted by Gasteiger charge is -2.13. The van der Waals surface area contributed by atoms with Crippen molar-refractivity contribution in [3.8, 4) is 0 Å². The zero-order valence-electron chi connectivity index (χ0n) is 9.62. The van der Waals surface area contributed by atoms with Crippen molar-refractivity contribution in [3.05, 3.63) is 34.9 Å². The lowest BCUT2D eigenvalue weighted by molar-refractivity contribution is 0.0697. The molecule has 0 spiro atoms. The fourth-order valence-corrected chi connectivity index (χ4v) is 3.01. The number of sulfone groups is 1. The molecule has 2 heterocycles. The number of hydrogen-bond acceptors (Lipinski definition) is 5. The van der Waals surface area contributed by atoms with Gasteiger partial charge >= 0.3 is 5.97 Å². The predicted octanol–water partition coefficient (Wildman–Crippen LogP) is 0.811. The molecule has 0 aromatic carbocycles. The van der Waals surface area contributed by atoms with Gasteiger partial charge in [0, 0.05) is 11.6 Å². The molecule has 6 nitrogen and oxygen atoms in total. The summed E-state index contributed by atoms with van der Waals surface area (Å²) in [4.78, 5) is 15.1. The Kier molecular flexibility index (Phi) is 3.08. The number of aromatic carboxylic acids is 1. The number of hydrogen-bond donors (Lipinski definition) is 2. The quantitative estimate of drug-likeness (QED) is 0.842. The first-order valence-electron chi connectivity index (χ1n) is 5.25. The monoisotopic (exact) mass is 268 g/mol. The highest BCUT2D eigenvalue weighted by Gasteiger charge is 2.24. The SMILES string of the molecule is Cc1ccnc(NC2C=CS(=O)(=O)C2)c1C(=O)O. The van der Waals surface area contributed by atoms with Gasteiger partial charge < -0.3 is 10.4 Å². The molecule has 0 saturated heterocycles. The van der Waals surface area contributed by atoms with Crippen LogP contribution in [0.4, 0.5) is 5.82 Å². The molecule has 0 amide bonds. The van der Waals surface area contributed by atoms with Crippen molar-refractivity contribution in [1.29, 1.82) is 0 Å². The van der Waals surface area contributed by atoms with Gasteiger partial charge in [-0.3, -0.25) is 0 Å². The van der Waals surface area contributed by atoms with E-state index in [1.807, 2.05) is 0 Å². The Morgan fingerprint density at radius 3 is 2.83 bits per heavy atom. The topological polar surface area (TPSA) is 96.4 Å². The van der Waals surface area contributed by atoms with E-state index in [2.05, 4.69) is 10.3 Å². The molecule has 2 rings (SSSR count). The summed E-state index contributed by atoms with van der Waals surface area (Å²) in [6, 6.07) is 1.15.